The summed E-state index contributed by atoms with van der Waals surface area (Å²) in [5.74, 6) is 0.621. The minimum atomic E-state index is -0.103. The first kappa shape index (κ1) is 28.0. The summed E-state index contributed by atoms with van der Waals surface area (Å²) in [7, 11) is 0. The third kappa shape index (κ3) is 17.6. The monoisotopic (exact) mass is 455 g/mol. The van der Waals surface area contributed by atoms with Crippen LogP contribution in [0.4, 0.5) is 5.69 Å². The maximum Gasteiger partial charge on any atom is 0.221 e. The molecule has 0 aliphatic rings. The molecule has 0 radical (unpaired) electrons. The van der Waals surface area contributed by atoms with Gasteiger partial charge in [0, 0.05) is 12.6 Å². The number of amides is 1. The lowest BCUT2D eigenvalue weighted by atomic mass is 10.3. The lowest BCUT2D eigenvalue weighted by molar-refractivity contribution is -0.114. The topological polar surface area (TPSA) is 93.7 Å². The Hall–Kier alpha value is -2.01. The maximum atomic E-state index is 11.0. The van der Waals surface area contributed by atoms with Crippen LogP contribution in [-0.2, 0) is 33.2 Å². The molecule has 1 amide bonds. The molecule has 0 unspecified atom stereocenters. The largest absolute Gasteiger partial charge is 0.491 e. The second-order valence-electron chi connectivity index (χ2n) is 6.48. The first-order chi connectivity index (χ1) is 15.7. The average Bonchev–Trinajstić information content (AvgIpc) is 2.78. The van der Waals surface area contributed by atoms with Crippen molar-refractivity contribution in [1.82, 2.24) is 0 Å². The van der Waals surface area contributed by atoms with E-state index in [9.17, 15) is 4.79 Å². The molecule has 32 heavy (non-hydrogen) atoms. The smallest absolute Gasteiger partial charge is 0.221 e. The van der Waals surface area contributed by atoms with E-state index in [4.69, 9.17) is 33.2 Å². The summed E-state index contributed by atoms with van der Waals surface area (Å²) in [6.07, 6.45) is 1.71. The molecule has 0 bridgehead atoms. The molecule has 0 spiro atoms. The molecule has 1 aromatic carbocycles. The van der Waals surface area contributed by atoms with Crippen molar-refractivity contribution >= 4 is 11.6 Å². The number of carbonyl (C=O) groups excluding carboxylic acids is 1. The average molecular weight is 456 g/mol. The van der Waals surface area contributed by atoms with Gasteiger partial charge in [0.05, 0.1) is 79.3 Å². The predicted molar refractivity (Wildman–Crippen MR) is 121 cm³/mol. The number of hydrogen-bond acceptors (Lipinski definition) is 8. The zero-order chi connectivity index (χ0) is 23.1. The Morgan fingerprint density at radius 2 is 1.12 bits per heavy atom. The van der Waals surface area contributed by atoms with Crippen molar-refractivity contribution in [2.24, 2.45) is 0 Å². The zero-order valence-corrected chi connectivity index (χ0v) is 19.1. The van der Waals surface area contributed by atoms with Crippen molar-refractivity contribution in [3.05, 3.63) is 36.9 Å². The Labute approximate surface area is 190 Å². The predicted octanol–water partition coefficient (Wildman–Crippen LogP) is 2.31. The Kier molecular flexibility index (Phi) is 18.3. The summed E-state index contributed by atoms with van der Waals surface area (Å²) >= 11 is 0. The fraction of sp³-hybridized carbons (Fsp3) is 0.609. The molecule has 0 aliphatic heterocycles. The van der Waals surface area contributed by atoms with Crippen LogP contribution < -0.4 is 10.1 Å². The number of rotatable bonds is 22. The Bertz CT molecular complexity index is 582. The van der Waals surface area contributed by atoms with Gasteiger partial charge in [-0.2, -0.15) is 0 Å². The fourth-order valence-corrected chi connectivity index (χ4v) is 2.32. The van der Waals surface area contributed by atoms with E-state index in [-0.39, 0.29) is 5.91 Å². The van der Waals surface area contributed by atoms with Crippen molar-refractivity contribution in [2.45, 2.75) is 6.92 Å². The van der Waals surface area contributed by atoms with Crippen LogP contribution in [0.5, 0.6) is 5.75 Å². The van der Waals surface area contributed by atoms with Crippen LogP contribution in [-0.4, -0.2) is 91.8 Å². The highest BCUT2D eigenvalue weighted by Gasteiger charge is 1.98. The van der Waals surface area contributed by atoms with E-state index in [2.05, 4.69) is 11.9 Å². The maximum absolute atomic E-state index is 11.0. The van der Waals surface area contributed by atoms with Crippen LogP contribution in [0.1, 0.15) is 6.92 Å². The number of hydrogen-bond donors (Lipinski definition) is 1. The van der Waals surface area contributed by atoms with Crippen LogP contribution in [0.15, 0.2) is 36.9 Å². The molecular formula is C23H37NO8. The van der Waals surface area contributed by atoms with Crippen LogP contribution in [0, 0.1) is 0 Å². The first-order valence-corrected chi connectivity index (χ1v) is 10.8. The molecule has 182 valence electrons. The van der Waals surface area contributed by atoms with Gasteiger partial charge >= 0.3 is 0 Å². The highest BCUT2D eigenvalue weighted by Crippen LogP contribution is 2.15. The molecule has 0 saturated carbocycles. The molecule has 0 atom stereocenters. The molecule has 0 aromatic heterocycles. The fourth-order valence-electron chi connectivity index (χ4n) is 2.32. The Morgan fingerprint density at radius 1 is 0.719 bits per heavy atom. The molecule has 0 fully saturated rings. The van der Waals surface area contributed by atoms with Crippen LogP contribution >= 0.6 is 0 Å². The Balaban J connectivity index is 1.76. The quantitative estimate of drug-likeness (QED) is 0.210. The molecule has 1 N–H and O–H groups in total. The van der Waals surface area contributed by atoms with Crippen molar-refractivity contribution in [1.29, 1.82) is 0 Å². The summed E-state index contributed by atoms with van der Waals surface area (Å²) in [4.78, 5) is 11.0. The van der Waals surface area contributed by atoms with Gasteiger partial charge in [0.25, 0.3) is 0 Å². The minimum absolute atomic E-state index is 0.103. The SMILES string of the molecule is C=CCOCCOCCOCCOCCOCCOCCOc1ccc(NC(C)=O)cc1. The van der Waals surface area contributed by atoms with Crippen molar-refractivity contribution < 1.29 is 38.0 Å². The second-order valence-corrected chi connectivity index (χ2v) is 6.48. The van der Waals surface area contributed by atoms with Gasteiger partial charge in [0.15, 0.2) is 0 Å². The van der Waals surface area contributed by atoms with Gasteiger partial charge in [-0.1, -0.05) is 6.08 Å². The van der Waals surface area contributed by atoms with E-state index in [0.717, 1.165) is 11.4 Å². The Morgan fingerprint density at radius 3 is 1.53 bits per heavy atom. The van der Waals surface area contributed by atoms with Gasteiger partial charge in [-0.15, -0.1) is 6.58 Å². The van der Waals surface area contributed by atoms with Gasteiger partial charge in [-0.3, -0.25) is 4.79 Å². The molecule has 1 aromatic rings. The number of ether oxygens (including phenoxy) is 7. The number of benzene rings is 1. The van der Waals surface area contributed by atoms with Crippen molar-refractivity contribution in [2.75, 3.05) is 91.2 Å². The number of nitrogens with one attached hydrogen (secondary N) is 1. The lowest BCUT2D eigenvalue weighted by Gasteiger charge is -2.09. The number of anilines is 1. The van der Waals surface area contributed by atoms with E-state index in [1.54, 1.807) is 30.3 Å². The van der Waals surface area contributed by atoms with Gasteiger partial charge in [0.2, 0.25) is 5.91 Å². The molecular weight excluding hydrogens is 418 g/mol. The molecule has 1 rings (SSSR count). The van der Waals surface area contributed by atoms with Crippen molar-refractivity contribution in [3.8, 4) is 5.75 Å². The van der Waals surface area contributed by atoms with E-state index >= 15 is 0 Å². The van der Waals surface area contributed by atoms with E-state index in [1.165, 1.54) is 6.92 Å². The highest BCUT2D eigenvalue weighted by molar-refractivity contribution is 5.88. The van der Waals surface area contributed by atoms with Gasteiger partial charge in [-0.05, 0) is 24.3 Å². The van der Waals surface area contributed by atoms with Crippen LogP contribution in [0.3, 0.4) is 0 Å². The van der Waals surface area contributed by atoms with Gasteiger partial charge in [0.1, 0.15) is 12.4 Å². The van der Waals surface area contributed by atoms with Crippen LogP contribution in [0.2, 0.25) is 0 Å². The standard InChI is InChI=1S/C23H37NO8/c1-3-8-26-9-10-27-11-12-28-13-14-29-15-16-30-17-18-31-19-20-32-23-6-4-22(5-7-23)24-21(2)25/h3-7H,1,8-20H2,2H3,(H,24,25). The summed E-state index contributed by atoms with van der Waals surface area (Å²) in [5, 5.41) is 2.70. The summed E-state index contributed by atoms with van der Waals surface area (Å²) in [5.41, 5.74) is 0.737. The summed E-state index contributed by atoms with van der Waals surface area (Å²) < 4.78 is 37.8. The third-order valence-electron chi connectivity index (χ3n) is 3.77. The number of carbonyl (C=O) groups is 1. The normalized spacial score (nSPS) is 10.8. The molecule has 9 nitrogen and oxygen atoms in total. The first-order valence-electron chi connectivity index (χ1n) is 10.8. The third-order valence-corrected chi connectivity index (χ3v) is 3.77. The van der Waals surface area contributed by atoms with Gasteiger partial charge in [-0.25, -0.2) is 0 Å². The summed E-state index contributed by atoms with van der Waals surface area (Å²) in [6.45, 7) is 11.7. The molecule has 0 heterocycles. The van der Waals surface area contributed by atoms with E-state index < -0.39 is 0 Å². The molecule has 0 saturated heterocycles. The molecule has 9 heteroatoms. The highest BCUT2D eigenvalue weighted by atomic mass is 16.6. The van der Waals surface area contributed by atoms with Crippen LogP contribution in [0.25, 0.3) is 0 Å². The molecule has 0 aliphatic carbocycles. The van der Waals surface area contributed by atoms with E-state index in [1.807, 2.05) is 0 Å². The van der Waals surface area contributed by atoms with Crippen molar-refractivity contribution in [3.63, 3.8) is 0 Å². The lowest BCUT2D eigenvalue weighted by Crippen LogP contribution is -2.14. The van der Waals surface area contributed by atoms with Gasteiger partial charge < -0.3 is 38.5 Å². The minimum Gasteiger partial charge on any atom is -0.491 e. The zero-order valence-electron chi connectivity index (χ0n) is 19.1. The summed E-state index contributed by atoms with van der Waals surface area (Å²) in [6, 6.07) is 7.18. The second kappa shape index (κ2) is 20.9. The van der Waals surface area contributed by atoms with E-state index in [0.29, 0.717) is 85.9 Å².